The quantitative estimate of drug-likeness (QED) is 0.906. The number of hydrogen-bond donors (Lipinski definition) is 1. The van der Waals surface area contributed by atoms with Crippen molar-refractivity contribution in [1.29, 1.82) is 0 Å². The minimum atomic E-state index is -0.137. The number of anilines is 1. The molecule has 6 heteroatoms. The molecule has 0 saturated carbocycles. The number of hydrogen-bond acceptors (Lipinski definition) is 4. The molecule has 0 spiro atoms. The molecule has 1 aliphatic rings. The zero-order chi connectivity index (χ0) is 13.8. The number of aryl methyl sites for hydroxylation is 1. The van der Waals surface area contributed by atoms with Gasteiger partial charge in [0.1, 0.15) is 5.76 Å². The van der Waals surface area contributed by atoms with E-state index >= 15 is 0 Å². The van der Waals surface area contributed by atoms with Crippen LogP contribution in [0.15, 0.2) is 10.6 Å². The molecule has 0 radical (unpaired) electrons. The molecule has 0 aliphatic carbocycles. The second kappa shape index (κ2) is 6.06. The van der Waals surface area contributed by atoms with Crippen molar-refractivity contribution < 1.29 is 9.32 Å². The van der Waals surface area contributed by atoms with E-state index in [1.165, 1.54) is 12.8 Å². The lowest BCUT2D eigenvalue weighted by molar-refractivity contribution is 0.169. The van der Waals surface area contributed by atoms with Crippen LogP contribution in [0.2, 0.25) is 0 Å². The van der Waals surface area contributed by atoms with Gasteiger partial charge in [-0.2, -0.15) is 0 Å². The van der Waals surface area contributed by atoms with Crippen LogP contribution in [-0.2, 0) is 0 Å². The van der Waals surface area contributed by atoms with Crippen LogP contribution in [0.25, 0.3) is 0 Å². The molecule has 1 aromatic heterocycles. The van der Waals surface area contributed by atoms with Gasteiger partial charge in [-0.1, -0.05) is 5.16 Å². The Balaban J connectivity index is 1.81. The smallest absolute Gasteiger partial charge is 0.322 e. The van der Waals surface area contributed by atoms with Crippen molar-refractivity contribution in [2.24, 2.45) is 5.92 Å². The lowest BCUT2D eigenvalue weighted by Crippen LogP contribution is -2.41. The average molecular weight is 266 g/mol. The fraction of sp³-hybridized carbons (Fsp3) is 0.692. The first kappa shape index (κ1) is 13.9. The third-order valence-corrected chi connectivity index (χ3v) is 3.46. The highest BCUT2D eigenvalue weighted by Crippen LogP contribution is 2.16. The number of rotatable bonds is 3. The predicted molar refractivity (Wildman–Crippen MR) is 73.1 cm³/mol. The van der Waals surface area contributed by atoms with Gasteiger partial charge < -0.3 is 14.3 Å². The van der Waals surface area contributed by atoms with Crippen molar-refractivity contribution >= 4 is 11.8 Å². The number of aromatic nitrogens is 1. The number of carbonyl (C=O) groups excluding carboxylic acids is 1. The summed E-state index contributed by atoms with van der Waals surface area (Å²) in [6, 6.07) is 1.57. The molecule has 1 unspecified atom stereocenters. The number of likely N-dealkylation sites (tertiary alicyclic amines) is 1. The van der Waals surface area contributed by atoms with Crippen LogP contribution in [0, 0.1) is 12.8 Å². The topological polar surface area (TPSA) is 61.6 Å². The van der Waals surface area contributed by atoms with Gasteiger partial charge in [0.25, 0.3) is 0 Å². The lowest BCUT2D eigenvalue weighted by atomic mass is 9.98. The van der Waals surface area contributed by atoms with Gasteiger partial charge in [0.05, 0.1) is 0 Å². The summed E-state index contributed by atoms with van der Waals surface area (Å²) in [5, 5.41) is 6.49. The van der Waals surface area contributed by atoms with E-state index in [4.69, 9.17) is 4.52 Å². The summed E-state index contributed by atoms with van der Waals surface area (Å²) < 4.78 is 4.92. The summed E-state index contributed by atoms with van der Waals surface area (Å²) in [7, 11) is 3.95. The molecular formula is C13H22N4O2. The van der Waals surface area contributed by atoms with Crippen molar-refractivity contribution in [2.45, 2.75) is 19.8 Å². The van der Waals surface area contributed by atoms with Crippen LogP contribution in [0.1, 0.15) is 18.6 Å². The Labute approximate surface area is 113 Å². The Morgan fingerprint density at radius 1 is 1.68 bits per heavy atom. The van der Waals surface area contributed by atoms with Crippen LogP contribution in [0.5, 0.6) is 0 Å². The number of nitrogens with zero attached hydrogens (tertiary/aromatic N) is 3. The van der Waals surface area contributed by atoms with Crippen molar-refractivity contribution in [3.05, 3.63) is 11.8 Å². The maximum absolute atomic E-state index is 12.0. The summed E-state index contributed by atoms with van der Waals surface area (Å²) in [4.78, 5) is 16.0. The SMILES string of the molecule is Cc1cc(NC(=O)N(C)CC2CCCN(C)C2)no1. The molecule has 1 fully saturated rings. The third-order valence-electron chi connectivity index (χ3n) is 3.46. The monoisotopic (exact) mass is 266 g/mol. The first-order chi connectivity index (χ1) is 9.04. The van der Waals surface area contributed by atoms with E-state index in [-0.39, 0.29) is 6.03 Å². The van der Waals surface area contributed by atoms with Crippen molar-refractivity contribution in [3.8, 4) is 0 Å². The highest BCUT2D eigenvalue weighted by molar-refractivity contribution is 5.88. The molecule has 1 saturated heterocycles. The lowest BCUT2D eigenvalue weighted by Gasteiger charge is -2.32. The van der Waals surface area contributed by atoms with Crippen molar-refractivity contribution in [3.63, 3.8) is 0 Å². The molecule has 19 heavy (non-hydrogen) atoms. The molecule has 1 atom stereocenters. The fourth-order valence-electron chi connectivity index (χ4n) is 2.52. The Morgan fingerprint density at radius 3 is 3.11 bits per heavy atom. The van der Waals surface area contributed by atoms with Crippen LogP contribution >= 0.6 is 0 Å². The van der Waals surface area contributed by atoms with Crippen LogP contribution < -0.4 is 5.32 Å². The zero-order valence-electron chi connectivity index (χ0n) is 11.8. The normalized spacial score (nSPS) is 20.3. The summed E-state index contributed by atoms with van der Waals surface area (Å²) >= 11 is 0. The average Bonchev–Trinajstić information content (AvgIpc) is 2.74. The van der Waals surface area contributed by atoms with E-state index in [2.05, 4.69) is 22.4 Å². The minimum Gasteiger partial charge on any atom is -0.360 e. The van der Waals surface area contributed by atoms with Gasteiger partial charge in [-0.25, -0.2) is 4.79 Å². The highest BCUT2D eigenvalue weighted by atomic mass is 16.5. The van der Waals surface area contributed by atoms with Crippen molar-refractivity contribution in [2.75, 3.05) is 39.0 Å². The summed E-state index contributed by atoms with van der Waals surface area (Å²) in [5.74, 6) is 1.70. The van der Waals surface area contributed by atoms with E-state index in [1.54, 1.807) is 17.9 Å². The van der Waals surface area contributed by atoms with E-state index in [1.807, 2.05) is 7.05 Å². The molecule has 0 aromatic carbocycles. The Bertz CT molecular complexity index is 432. The van der Waals surface area contributed by atoms with Gasteiger partial charge in [-0.05, 0) is 39.3 Å². The maximum Gasteiger partial charge on any atom is 0.322 e. The molecule has 1 aliphatic heterocycles. The fourth-order valence-corrected chi connectivity index (χ4v) is 2.52. The van der Waals surface area contributed by atoms with E-state index in [0.717, 1.165) is 19.6 Å². The second-order valence-corrected chi connectivity index (χ2v) is 5.40. The molecule has 0 bridgehead atoms. The summed E-state index contributed by atoms with van der Waals surface area (Å²) in [6.07, 6.45) is 2.39. The van der Waals surface area contributed by atoms with E-state index in [0.29, 0.717) is 17.5 Å². The molecule has 2 heterocycles. The van der Waals surface area contributed by atoms with Gasteiger partial charge in [0, 0.05) is 26.2 Å². The zero-order valence-corrected chi connectivity index (χ0v) is 11.8. The van der Waals surface area contributed by atoms with E-state index in [9.17, 15) is 4.79 Å². The summed E-state index contributed by atoms with van der Waals surface area (Å²) in [6.45, 7) is 4.78. The molecule has 1 N–H and O–H groups in total. The van der Waals surface area contributed by atoms with E-state index < -0.39 is 0 Å². The number of nitrogens with one attached hydrogen (secondary N) is 1. The number of amides is 2. The van der Waals surface area contributed by atoms with Gasteiger partial charge in [0.2, 0.25) is 0 Å². The van der Waals surface area contributed by atoms with Crippen LogP contribution in [-0.4, -0.2) is 54.7 Å². The largest absolute Gasteiger partial charge is 0.360 e. The summed E-state index contributed by atoms with van der Waals surface area (Å²) in [5.41, 5.74) is 0. The first-order valence-electron chi connectivity index (χ1n) is 6.68. The predicted octanol–water partition coefficient (Wildman–Crippen LogP) is 1.79. The third kappa shape index (κ3) is 3.96. The van der Waals surface area contributed by atoms with Gasteiger partial charge in [0.15, 0.2) is 5.82 Å². The van der Waals surface area contributed by atoms with Crippen molar-refractivity contribution in [1.82, 2.24) is 15.0 Å². The first-order valence-corrected chi connectivity index (χ1v) is 6.68. The number of urea groups is 1. The molecule has 6 nitrogen and oxygen atoms in total. The minimum absolute atomic E-state index is 0.137. The Morgan fingerprint density at radius 2 is 2.47 bits per heavy atom. The highest BCUT2D eigenvalue weighted by Gasteiger charge is 2.21. The Kier molecular flexibility index (Phi) is 4.42. The molecule has 2 amide bonds. The van der Waals surface area contributed by atoms with Gasteiger partial charge in [-0.3, -0.25) is 5.32 Å². The second-order valence-electron chi connectivity index (χ2n) is 5.40. The molecule has 1 aromatic rings. The van der Waals surface area contributed by atoms with Gasteiger partial charge in [-0.15, -0.1) is 0 Å². The molecule has 106 valence electrons. The van der Waals surface area contributed by atoms with Crippen LogP contribution in [0.4, 0.5) is 10.6 Å². The maximum atomic E-state index is 12.0. The van der Waals surface area contributed by atoms with Gasteiger partial charge >= 0.3 is 6.03 Å². The molecular weight excluding hydrogens is 244 g/mol. The van der Waals surface area contributed by atoms with Crippen LogP contribution in [0.3, 0.4) is 0 Å². The standard InChI is InChI=1S/C13H22N4O2/c1-10-7-12(15-19-10)14-13(18)17(3)9-11-5-4-6-16(2)8-11/h7,11H,4-6,8-9H2,1-3H3,(H,14,15,18). The Hall–Kier alpha value is -1.56. The molecule has 2 rings (SSSR count). The number of piperidine rings is 1. The number of carbonyl (C=O) groups is 1.